The van der Waals surface area contributed by atoms with Gasteiger partial charge in [0.25, 0.3) is 0 Å². The second kappa shape index (κ2) is 5.19. The molecule has 0 aromatic heterocycles. The Morgan fingerprint density at radius 2 is 1.88 bits per heavy atom. The molecule has 94 valence electrons. The number of rotatable bonds is 3. The number of esters is 1. The second-order valence-electron chi connectivity index (χ2n) is 4.99. The van der Waals surface area contributed by atoms with E-state index in [0.717, 1.165) is 5.56 Å². The van der Waals surface area contributed by atoms with Gasteiger partial charge in [0.1, 0.15) is 11.4 Å². The number of carbonyl (C=O) groups is 1. The van der Waals surface area contributed by atoms with Gasteiger partial charge in [0.05, 0.1) is 6.42 Å². The van der Waals surface area contributed by atoms with Crippen LogP contribution in [0.3, 0.4) is 0 Å². The fourth-order valence-corrected chi connectivity index (χ4v) is 1.40. The van der Waals surface area contributed by atoms with Gasteiger partial charge >= 0.3 is 5.97 Å². The summed E-state index contributed by atoms with van der Waals surface area (Å²) in [5, 5.41) is 9.14. The van der Waals surface area contributed by atoms with E-state index in [-0.39, 0.29) is 18.1 Å². The Morgan fingerprint density at radius 1 is 1.35 bits per heavy atom. The molecule has 0 amide bonds. The lowest BCUT2D eigenvalue weighted by Gasteiger charge is -2.21. The van der Waals surface area contributed by atoms with Gasteiger partial charge in [-0.1, -0.05) is 12.1 Å². The van der Waals surface area contributed by atoms with Gasteiger partial charge in [0.15, 0.2) is 0 Å². The minimum atomic E-state index is -0.494. The summed E-state index contributed by atoms with van der Waals surface area (Å²) in [6, 6.07) is 6.08. The molecule has 0 aliphatic carbocycles. The van der Waals surface area contributed by atoms with Crippen molar-refractivity contribution in [2.24, 2.45) is 5.73 Å². The normalized spacial score (nSPS) is 13.2. The molecule has 1 aromatic rings. The van der Waals surface area contributed by atoms with E-state index in [1.54, 1.807) is 24.3 Å². The standard InChI is InChI=1S/C13H19NO3/c1-13(2,3)17-12(16)8-11(14)9-4-6-10(15)7-5-9/h4-7,11,15H,8,14H2,1-3H3. The number of hydrogen-bond acceptors (Lipinski definition) is 4. The van der Waals surface area contributed by atoms with Gasteiger partial charge in [-0.15, -0.1) is 0 Å². The number of carbonyl (C=O) groups excluding carboxylic acids is 1. The summed E-state index contributed by atoms with van der Waals surface area (Å²) in [6.07, 6.45) is 0.127. The first-order valence-corrected chi connectivity index (χ1v) is 5.54. The molecule has 1 unspecified atom stereocenters. The van der Waals surface area contributed by atoms with E-state index in [1.165, 1.54) is 0 Å². The summed E-state index contributed by atoms with van der Waals surface area (Å²) in [6.45, 7) is 5.45. The lowest BCUT2D eigenvalue weighted by molar-refractivity contribution is -0.155. The molecule has 0 aliphatic rings. The Morgan fingerprint density at radius 3 is 2.35 bits per heavy atom. The van der Waals surface area contributed by atoms with Crippen molar-refractivity contribution < 1.29 is 14.6 Å². The highest BCUT2D eigenvalue weighted by Crippen LogP contribution is 2.19. The van der Waals surface area contributed by atoms with Crippen LogP contribution in [0, 0.1) is 0 Å². The summed E-state index contributed by atoms with van der Waals surface area (Å²) in [4.78, 5) is 11.6. The molecule has 0 bridgehead atoms. The molecule has 0 spiro atoms. The number of phenolic OH excluding ortho intramolecular Hbond substituents is 1. The van der Waals surface area contributed by atoms with Crippen LogP contribution in [0.25, 0.3) is 0 Å². The number of nitrogens with two attached hydrogens (primary N) is 1. The first kappa shape index (κ1) is 13.5. The largest absolute Gasteiger partial charge is 0.508 e. The highest BCUT2D eigenvalue weighted by molar-refractivity contribution is 5.70. The Bertz CT molecular complexity index is 379. The van der Waals surface area contributed by atoms with Crippen LogP contribution in [0.1, 0.15) is 38.8 Å². The second-order valence-corrected chi connectivity index (χ2v) is 4.99. The van der Waals surface area contributed by atoms with Crippen LogP contribution in [0.15, 0.2) is 24.3 Å². The van der Waals surface area contributed by atoms with Crippen LogP contribution in [0.4, 0.5) is 0 Å². The maximum absolute atomic E-state index is 11.6. The van der Waals surface area contributed by atoms with Crippen molar-refractivity contribution in [1.82, 2.24) is 0 Å². The molecule has 0 aliphatic heterocycles. The topological polar surface area (TPSA) is 72.5 Å². The lowest BCUT2D eigenvalue weighted by atomic mass is 10.0. The molecule has 0 fully saturated rings. The fourth-order valence-electron chi connectivity index (χ4n) is 1.40. The number of phenols is 1. The van der Waals surface area contributed by atoms with Crippen LogP contribution in [-0.4, -0.2) is 16.7 Å². The first-order valence-electron chi connectivity index (χ1n) is 5.54. The molecular formula is C13H19NO3. The third kappa shape index (κ3) is 4.87. The lowest BCUT2D eigenvalue weighted by Crippen LogP contribution is -2.26. The summed E-state index contributed by atoms with van der Waals surface area (Å²) in [5.74, 6) is -0.142. The SMILES string of the molecule is CC(C)(C)OC(=O)CC(N)c1ccc(O)cc1. The maximum Gasteiger partial charge on any atom is 0.308 e. The van der Waals surface area contributed by atoms with Gasteiger partial charge in [-0.2, -0.15) is 0 Å². The fraction of sp³-hybridized carbons (Fsp3) is 0.462. The van der Waals surface area contributed by atoms with Crippen molar-refractivity contribution in [2.45, 2.75) is 38.8 Å². The van der Waals surface area contributed by atoms with Gasteiger partial charge in [0.2, 0.25) is 0 Å². The minimum absolute atomic E-state index is 0.127. The number of aromatic hydroxyl groups is 1. The molecule has 0 radical (unpaired) electrons. The smallest absolute Gasteiger partial charge is 0.308 e. The van der Waals surface area contributed by atoms with E-state index < -0.39 is 11.6 Å². The summed E-state index contributed by atoms with van der Waals surface area (Å²) < 4.78 is 5.19. The zero-order valence-electron chi connectivity index (χ0n) is 10.4. The van der Waals surface area contributed by atoms with Crippen molar-refractivity contribution >= 4 is 5.97 Å². The third-order valence-corrected chi connectivity index (χ3v) is 2.13. The number of hydrogen-bond donors (Lipinski definition) is 2. The molecule has 0 saturated heterocycles. The van der Waals surface area contributed by atoms with Crippen molar-refractivity contribution in [1.29, 1.82) is 0 Å². The molecule has 3 N–H and O–H groups in total. The molecule has 17 heavy (non-hydrogen) atoms. The van der Waals surface area contributed by atoms with E-state index in [2.05, 4.69) is 0 Å². The Kier molecular flexibility index (Phi) is 4.12. The number of ether oxygens (including phenoxy) is 1. The summed E-state index contributed by atoms with van der Waals surface area (Å²) in [5.41, 5.74) is 6.19. The third-order valence-electron chi connectivity index (χ3n) is 2.13. The maximum atomic E-state index is 11.6. The van der Waals surface area contributed by atoms with Gasteiger partial charge < -0.3 is 15.6 Å². The highest BCUT2D eigenvalue weighted by atomic mass is 16.6. The zero-order chi connectivity index (χ0) is 13.1. The van der Waals surface area contributed by atoms with Crippen LogP contribution < -0.4 is 5.73 Å². The van der Waals surface area contributed by atoms with Crippen molar-refractivity contribution in [3.05, 3.63) is 29.8 Å². The molecule has 0 saturated carbocycles. The highest BCUT2D eigenvalue weighted by Gasteiger charge is 2.19. The van der Waals surface area contributed by atoms with Gasteiger partial charge in [0, 0.05) is 6.04 Å². The van der Waals surface area contributed by atoms with Crippen molar-refractivity contribution in [2.75, 3.05) is 0 Å². The Balaban J connectivity index is 2.57. The van der Waals surface area contributed by atoms with Crippen molar-refractivity contribution in [3.63, 3.8) is 0 Å². The van der Waals surface area contributed by atoms with Crippen LogP contribution >= 0.6 is 0 Å². The summed E-state index contributed by atoms with van der Waals surface area (Å²) >= 11 is 0. The monoisotopic (exact) mass is 237 g/mol. The van der Waals surface area contributed by atoms with Gasteiger partial charge in [-0.25, -0.2) is 0 Å². The van der Waals surface area contributed by atoms with E-state index in [0.29, 0.717) is 0 Å². The Labute approximate surface area is 101 Å². The van der Waals surface area contributed by atoms with E-state index in [4.69, 9.17) is 15.6 Å². The molecule has 0 heterocycles. The Hall–Kier alpha value is -1.55. The quantitative estimate of drug-likeness (QED) is 0.790. The average Bonchev–Trinajstić information content (AvgIpc) is 2.15. The predicted octanol–water partition coefficient (Wildman–Crippen LogP) is 2.12. The molecule has 1 aromatic carbocycles. The van der Waals surface area contributed by atoms with Gasteiger partial charge in [-0.3, -0.25) is 4.79 Å². The van der Waals surface area contributed by atoms with Crippen molar-refractivity contribution in [3.8, 4) is 5.75 Å². The zero-order valence-corrected chi connectivity index (χ0v) is 10.4. The van der Waals surface area contributed by atoms with Crippen LogP contribution in [-0.2, 0) is 9.53 Å². The summed E-state index contributed by atoms with van der Waals surface area (Å²) in [7, 11) is 0. The molecule has 4 nitrogen and oxygen atoms in total. The molecule has 1 atom stereocenters. The minimum Gasteiger partial charge on any atom is -0.508 e. The number of benzene rings is 1. The van der Waals surface area contributed by atoms with Crippen LogP contribution in [0.2, 0.25) is 0 Å². The van der Waals surface area contributed by atoms with E-state index >= 15 is 0 Å². The average molecular weight is 237 g/mol. The van der Waals surface area contributed by atoms with Gasteiger partial charge in [-0.05, 0) is 38.5 Å². The van der Waals surface area contributed by atoms with Crippen LogP contribution in [0.5, 0.6) is 5.75 Å². The first-order chi connectivity index (χ1) is 7.78. The predicted molar refractivity (Wildman–Crippen MR) is 65.5 cm³/mol. The van der Waals surface area contributed by atoms with E-state index in [1.807, 2.05) is 20.8 Å². The molecular weight excluding hydrogens is 218 g/mol. The molecule has 4 heteroatoms. The molecule has 1 rings (SSSR count). The van der Waals surface area contributed by atoms with E-state index in [9.17, 15) is 4.79 Å².